The monoisotopic (exact) mass is 1030 g/mol. The Hall–Kier alpha value is -3.93. The lowest BCUT2D eigenvalue weighted by molar-refractivity contribution is -0.167. The minimum Gasteiger partial charge on any atom is -0.462 e. The van der Waals surface area contributed by atoms with E-state index in [-0.39, 0.29) is 31.1 Å². The van der Waals surface area contributed by atoms with E-state index in [1.165, 1.54) is 109 Å². The Bertz CT molecular complexity index is 1510. The van der Waals surface area contributed by atoms with Gasteiger partial charge in [-0.3, -0.25) is 14.4 Å². The second-order valence-corrected chi connectivity index (χ2v) is 20.2. The standard InChI is InChI=1S/C68H114O6/c1-4-7-10-13-16-19-22-24-25-26-27-28-29-30-31-32-33-34-35-36-37-38-39-40-41-42-43-44-47-49-52-55-58-61-67(70)73-64-65(63-72-66(69)60-57-54-51-48-45-21-18-15-12-9-6-3)74-68(71)62-59-56-53-50-46-23-20-17-14-11-8-5-2/h7,10,16,19,24-25,27-28,30-31,33-34,36-37,39-40,42-43,65H,4-6,8-9,11-15,17-18,20-23,26,29,32,35,38,41,44-64H2,1-3H3/b10-7-,19-16-,25-24-,28-27-,31-30-,34-33-,37-36-,40-39-,43-42-. The van der Waals surface area contributed by atoms with Gasteiger partial charge in [-0.25, -0.2) is 0 Å². The van der Waals surface area contributed by atoms with Crippen molar-refractivity contribution < 1.29 is 28.6 Å². The Morgan fingerprint density at radius 1 is 0.284 bits per heavy atom. The summed E-state index contributed by atoms with van der Waals surface area (Å²) >= 11 is 0. The molecule has 0 heterocycles. The number of hydrogen-bond donors (Lipinski definition) is 0. The second-order valence-electron chi connectivity index (χ2n) is 20.2. The van der Waals surface area contributed by atoms with Crippen LogP contribution in [0.1, 0.15) is 284 Å². The number of esters is 3. The number of rotatable bonds is 55. The van der Waals surface area contributed by atoms with Crippen molar-refractivity contribution in [1.29, 1.82) is 0 Å². The molecule has 0 aromatic carbocycles. The van der Waals surface area contributed by atoms with Gasteiger partial charge in [-0.1, -0.05) is 284 Å². The molecule has 0 bridgehead atoms. The maximum absolute atomic E-state index is 12.8. The number of ether oxygens (including phenoxy) is 3. The van der Waals surface area contributed by atoms with Crippen LogP contribution in [-0.2, 0) is 28.6 Å². The van der Waals surface area contributed by atoms with Crippen LogP contribution in [-0.4, -0.2) is 37.2 Å². The normalized spacial score (nSPS) is 12.9. The van der Waals surface area contributed by atoms with Crippen molar-refractivity contribution in [2.75, 3.05) is 13.2 Å². The molecule has 422 valence electrons. The third kappa shape index (κ3) is 59.0. The highest BCUT2D eigenvalue weighted by molar-refractivity contribution is 5.71. The van der Waals surface area contributed by atoms with Crippen LogP contribution in [0, 0.1) is 0 Å². The van der Waals surface area contributed by atoms with E-state index in [0.717, 1.165) is 135 Å². The van der Waals surface area contributed by atoms with Gasteiger partial charge in [0.25, 0.3) is 0 Å². The lowest BCUT2D eigenvalue weighted by Gasteiger charge is -2.18. The Balaban J connectivity index is 4.23. The Morgan fingerprint density at radius 2 is 0.527 bits per heavy atom. The summed E-state index contributed by atoms with van der Waals surface area (Å²) in [6.45, 7) is 6.51. The second kappa shape index (κ2) is 61.6. The molecule has 0 amide bonds. The van der Waals surface area contributed by atoms with Gasteiger partial charge in [-0.2, -0.15) is 0 Å². The summed E-state index contributed by atoms with van der Waals surface area (Å²) in [5.41, 5.74) is 0. The molecule has 0 saturated carbocycles. The molecule has 0 aliphatic heterocycles. The van der Waals surface area contributed by atoms with Gasteiger partial charge in [-0.15, -0.1) is 0 Å². The highest BCUT2D eigenvalue weighted by atomic mass is 16.6. The van der Waals surface area contributed by atoms with Crippen LogP contribution in [0.5, 0.6) is 0 Å². The molecule has 0 fully saturated rings. The highest BCUT2D eigenvalue weighted by Crippen LogP contribution is 2.16. The Kier molecular flexibility index (Phi) is 58.3. The van der Waals surface area contributed by atoms with Crippen molar-refractivity contribution in [3.05, 3.63) is 109 Å². The maximum atomic E-state index is 12.8. The van der Waals surface area contributed by atoms with Crippen LogP contribution < -0.4 is 0 Å². The zero-order valence-corrected chi connectivity index (χ0v) is 48.3. The van der Waals surface area contributed by atoms with Crippen LogP contribution in [0.3, 0.4) is 0 Å². The van der Waals surface area contributed by atoms with Crippen LogP contribution in [0.2, 0.25) is 0 Å². The van der Waals surface area contributed by atoms with E-state index in [0.29, 0.717) is 19.3 Å². The average molecular weight is 1030 g/mol. The molecule has 0 radical (unpaired) electrons. The van der Waals surface area contributed by atoms with Crippen molar-refractivity contribution in [2.24, 2.45) is 0 Å². The highest BCUT2D eigenvalue weighted by Gasteiger charge is 2.19. The smallest absolute Gasteiger partial charge is 0.306 e. The molecule has 0 aromatic rings. The van der Waals surface area contributed by atoms with Gasteiger partial charge in [0.15, 0.2) is 6.10 Å². The van der Waals surface area contributed by atoms with E-state index in [2.05, 4.69) is 130 Å². The lowest BCUT2D eigenvalue weighted by atomic mass is 10.0. The number of carbonyl (C=O) groups excluding carboxylic acids is 3. The summed E-state index contributed by atoms with van der Waals surface area (Å²) in [4.78, 5) is 38.1. The minimum atomic E-state index is -0.782. The molecular formula is C68H114O6. The van der Waals surface area contributed by atoms with Gasteiger partial charge in [0.1, 0.15) is 13.2 Å². The fourth-order valence-corrected chi connectivity index (χ4v) is 8.44. The average Bonchev–Trinajstić information content (AvgIpc) is 3.40. The van der Waals surface area contributed by atoms with Gasteiger partial charge in [0.2, 0.25) is 0 Å². The molecule has 0 spiro atoms. The maximum Gasteiger partial charge on any atom is 0.306 e. The van der Waals surface area contributed by atoms with Gasteiger partial charge >= 0.3 is 17.9 Å². The van der Waals surface area contributed by atoms with Crippen molar-refractivity contribution >= 4 is 17.9 Å². The van der Waals surface area contributed by atoms with Crippen molar-refractivity contribution in [1.82, 2.24) is 0 Å². The molecule has 6 heteroatoms. The Morgan fingerprint density at radius 3 is 0.824 bits per heavy atom. The first kappa shape index (κ1) is 70.1. The Labute approximate surface area is 457 Å². The predicted molar refractivity (Wildman–Crippen MR) is 320 cm³/mol. The fraction of sp³-hybridized carbons (Fsp3) is 0.691. The third-order valence-electron chi connectivity index (χ3n) is 13.0. The number of hydrogen-bond acceptors (Lipinski definition) is 6. The summed E-state index contributed by atoms with van der Waals surface area (Å²) in [5.74, 6) is -0.896. The van der Waals surface area contributed by atoms with E-state index >= 15 is 0 Å². The topological polar surface area (TPSA) is 78.9 Å². The predicted octanol–water partition coefficient (Wildman–Crippen LogP) is 21.0. The fourth-order valence-electron chi connectivity index (χ4n) is 8.44. The summed E-state index contributed by atoms with van der Waals surface area (Å²) in [7, 11) is 0. The van der Waals surface area contributed by atoms with E-state index in [9.17, 15) is 14.4 Å². The molecule has 0 rings (SSSR count). The van der Waals surface area contributed by atoms with E-state index in [1.807, 2.05) is 0 Å². The molecule has 0 aliphatic carbocycles. The lowest BCUT2D eigenvalue weighted by Crippen LogP contribution is -2.30. The van der Waals surface area contributed by atoms with E-state index in [4.69, 9.17) is 14.2 Å². The van der Waals surface area contributed by atoms with Crippen LogP contribution in [0.15, 0.2) is 109 Å². The molecular weight excluding hydrogens is 913 g/mol. The zero-order valence-electron chi connectivity index (χ0n) is 48.3. The molecule has 0 aromatic heterocycles. The molecule has 6 nitrogen and oxygen atoms in total. The van der Waals surface area contributed by atoms with Crippen LogP contribution in [0.4, 0.5) is 0 Å². The zero-order chi connectivity index (χ0) is 53.6. The summed E-state index contributed by atoms with van der Waals surface area (Å²) < 4.78 is 16.8. The molecule has 1 unspecified atom stereocenters. The van der Waals surface area contributed by atoms with Crippen LogP contribution >= 0.6 is 0 Å². The summed E-state index contributed by atoms with van der Waals surface area (Å²) in [6.07, 6.45) is 83.8. The number of allylic oxidation sites excluding steroid dienone is 18. The van der Waals surface area contributed by atoms with Gasteiger partial charge in [0, 0.05) is 19.3 Å². The molecule has 0 N–H and O–H groups in total. The quantitative estimate of drug-likeness (QED) is 0.0261. The first-order valence-electron chi connectivity index (χ1n) is 30.9. The molecule has 74 heavy (non-hydrogen) atoms. The molecule has 1 atom stereocenters. The van der Waals surface area contributed by atoms with Gasteiger partial charge < -0.3 is 14.2 Å². The van der Waals surface area contributed by atoms with Gasteiger partial charge in [-0.05, 0) is 89.9 Å². The van der Waals surface area contributed by atoms with Crippen molar-refractivity contribution in [2.45, 2.75) is 290 Å². The summed E-state index contributed by atoms with van der Waals surface area (Å²) in [6, 6.07) is 0. The summed E-state index contributed by atoms with van der Waals surface area (Å²) in [5, 5.41) is 0. The van der Waals surface area contributed by atoms with Crippen molar-refractivity contribution in [3.8, 4) is 0 Å². The first-order valence-corrected chi connectivity index (χ1v) is 30.9. The third-order valence-corrected chi connectivity index (χ3v) is 13.0. The SMILES string of the molecule is CC/C=C\C/C=C\C/C=C\C/C=C\C/C=C\C/C=C\C/C=C\C/C=C\C/C=C\CCCCCCCC(=O)OCC(COC(=O)CCCCCCCCCCCCC)OC(=O)CCCCCCCCCCCCCC. The van der Waals surface area contributed by atoms with Crippen molar-refractivity contribution in [3.63, 3.8) is 0 Å². The minimum absolute atomic E-state index is 0.0806. The van der Waals surface area contributed by atoms with Gasteiger partial charge in [0.05, 0.1) is 0 Å². The largest absolute Gasteiger partial charge is 0.462 e. The molecule has 0 aliphatic rings. The molecule has 0 saturated heterocycles. The number of carbonyl (C=O) groups is 3. The first-order chi connectivity index (χ1) is 36.5. The van der Waals surface area contributed by atoms with E-state index < -0.39 is 6.10 Å². The van der Waals surface area contributed by atoms with Crippen LogP contribution in [0.25, 0.3) is 0 Å². The van der Waals surface area contributed by atoms with E-state index in [1.54, 1.807) is 0 Å². The number of unbranched alkanes of at least 4 members (excludes halogenated alkanes) is 26.